The van der Waals surface area contributed by atoms with Crippen LogP contribution in [0, 0.1) is 0 Å². The molecule has 0 saturated carbocycles. The number of amides is 1. The van der Waals surface area contributed by atoms with Gasteiger partial charge in [0.1, 0.15) is 0 Å². The van der Waals surface area contributed by atoms with Gasteiger partial charge in [0, 0.05) is 25.1 Å². The molecule has 22 heavy (non-hydrogen) atoms. The van der Waals surface area contributed by atoms with Crippen LogP contribution in [0.5, 0.6) is 0 Å². The molecule has 0 aliphatic rings. The average molecular weight is 357 g/mol. The number of rotatable bonds is 4. The zero-order chi connectivity index (χ0) is 15.4. The largest absolute Gasteiger partial charge is 0.346 e. The first-order valence-electron chi connectivity index (χ1n) is 6.72. The molecule has 0 saturated heterocycles. The number of benzene rings is 1. The minimum atomic E-state index is -0.231. The number of nitrogens with zero attached hydrogens (tertiary/aromatic N) is 3. The normalized spacial score (nSPS) is 10.4. The molecule has 1 amide bonds. The SMILES string of the molecule is O=C(NCc1cccnc1)c1nn(-c2ccccc2)cc1Br. The first-order valence-corrected chi connectivity index (χ1v) is 7.51. The topological polar surface area (TPSA) is 59.8 Å². The van der Waals surface area contributed by atoms with E-state index in [0.717, 1.165) is 11.3 Å². The summed E-state index contributed by atoms with van der Waals surface area (Å²) < 4.78 is 2.32. The first kappa shape index (κ1) is 14.5. The lowest BCUT2D eigenvalue weighted by Gasteiger charge is -2.03. The van der Waals surface area contributed by atoms with Crippen molar-refractivity contribution >= 4 is 21.8 Å². The monoisotopic (exact) mass is 356 g/mol. The number of hydrogen-bond donors (Lipinski definition) is 1. The van der Waals surface area contributed by atoms with E-state index < -0.39 is 0 Å². The molecular weight excluding hydrogens is 344 g/mol. The minimum absolute atomic E-state index is 0.231. The Balaban J connectivity index is 1.74. The van der Waals surface area contributed by atoms with Gasteiger partial charge in [0.2, 0.25) is 0 Å². The summed E-state index contributed by atoms with van der Waals surface area (Å²) in [7, 11) is 0. The van der Waals surface area contributed by atoms with Crippen molar-refractivity contribution in [1.82, 2.24) is 20.1 Å². The van der Waals surface area contributed by atoms with E-state index in [2.05, 4.69) is 31.3 Å². The van der Waals surface area contributed by atoms with E-state index in [4.69, 9.17) is 0 Å². The number of pyridine rings is 1. The predicted octanol–water partition coefficient (Wildman–Crippen LogP) is 2.96. The Kier molecular flexibility index (Phi) is 4.29. The zero-order valence-corrected chi connectivity index (χ0v) is 13.2. The average Bonchev–Trinajstić information content (AvgIpc) is 2.96. The van der Waals surface area contributed by atoms with E-state index in [1.165, 1.54) is 0 Å². The number of halogens is 1. The van der Waals surface area contributed by atoms with Crippen LogP contribution in [-0.2, 0) is 6.54 Å². The van der Waals surface area contributed by atoms with Crippen molar-refractivity contribution in [1.29, 1.82) is 0 Å². The van der Waals surface area contributed by atoms with Crippen LogP contribution in [0.1, 0.15) is 16.1 Å². The summed E-state index contributed by atoms with van der Waals surface area (Å²) >= 11 is 3.38. The Bertz CT molecular complexity index is 771. The van der Waals surface area contributed by atoms with Crippen LogP contribution in [0.15, 0.2) is 65.5 Å². The van der Waals surface area contributed by atoms with Crippen molar-refractivity contribution in [3.8, 4) is 5.69 Å². The van der Waals surface area contributed by atoms with Gasteiger partial charge < -0.3 is 5.32 Å². The number of para-hydroxylation sites is 1. The second-order valence-electron chi connectivity index (χ2n) is 4.65. The van der Waals surface area contributed by atoms with Crippen LogP contribution < -0.4 is 5.32 Å². The summed E-state index contributed by atoms with van der Waals surface area (Å²) in [5, 5.41) is 7.17. The van der Waals surface area contributed by atoms with Crippen molar-refractivity contribution in [3.63, 3.8) is 0 Å². The number of nitrogens with one attached hydrogen (secondary N) is 1. The van der Waals surface area contributed by atoms with Gasteiger partial charge in [-0.15, -0.1) is 0 Å². The molecule has 0 unspecified atom stereocenters. The molecule has 110 valence electrons. The van der Waals surface area contributed by atoms with Gasteiger partial charge in [0.15, 0.2) is 5.69 Å². The maximum atomic E-state index is 12.2. The van der Waals surface area contributed by atoms with Crippen LogP contribution in [-0.4, -0.2) is 20.7 Å². The van der Waals surface area contributed by atoms with E-state index in [1.54, 1.807) is 23.3 Å². The molecule has 0 radical (unpaired) electrons. The van der Waals surface area contributed by atoms with Crippen molar-refractivity contribution in [2.45, 2.75) is 6.54 Å². The van der Waals surface area contributed by atoms with E-state index in [9.17, 15) is 4.79 Å². The molecule has 3 aromatic rings. The lowest BCUT2D eigenvalue weighted by molar-refractivity contribution is 0.0944. The quantitative estimate of drug-likeness (QED) is 0.781. The third-order valence-electron chi connectivity index (χ3n) is 3.08. The Morgan fingerprint density at radius 3 is 2.73 bits per heavy atom. The Hall–Kier alpha value is -2.47. The fraction of sp³-hybridized carbons (Fsp3) is 0.0625. The second kappa shape index (κ2) is 6.53. The lowest BCUT2D eigenvalue weighted by atomic mass is 10.3. The van der Waals surface area contributed by atoms with Gasteiger partial charge in [-0.2, -0.15) is 5.10 Å². The molecule has 6 heteroatoms. The summed E-state index contributed by atoms with van der Waals surface area (Å²) in [5.41, 5.74) is 2.19. The number of hydrogen-bond acceptors (Lipinski definition) is 3. The molecule has 2 heterocycles. The molecule has 0 aliphatic heterocycles. The van der Waals surface area contributed by atoms with Gasteiger partial charge in [-0.25, -0.2) is 4.68 Å². The van der Waals surface area contributed by atoms with Crippen LogP contribution in [0.4, 0.5) is 0 Å². The molecule has 1 aromatic carbocycles. The molecule has 0 fully saturated rings. The highest BCUT2D eigenvalue weighted by molar-refractivity contribution is 9.10. The van der Waals surface area contributed by atoms with Gasteiger partial charge in [-0.05, 0) is 39.7 Å². The summed E-state index contributed by atoms with van der Waals surface area (Å²) in [4.78, 5) is 16.3. The molecule has 3 rings (SSSR count). The summed E-state index contributed by atoms with van der Waals surface area (Å²) in [6, 6.07) is 13.4. The molecule has 0 aliphatic carbocycles. The highest BCUT2D eigenvalue weighted by atomic mass is 79.9. The molecular formula is C16H13BrN4O. The third-order valence-corrected chi connectivity index (χ3v) is 3.66. The fourth-order valence-corrected chi connectivity index (χ4v) is 2.44. The highest BCUT2D eigenvalue weighted by Crippen LogP contribution is 2.18. The Morgan fingerprint density at radius 2 is 2.00 bits per heavy atom. The maximum Gasteiger partial charge on any atom is 0.273 e. The smallest absolute Gasteiger partial charge is 0.273 e. The van der Waals surface area contributed by atoms with E-state index in [-0.39, 0.29) is 5.91 Å². The van der Waals surface area contributed by atoms with E-state index in [1.807, 2.05) is 42.5 Å². The van der Waals surface area contributed by atoms with Crippen LogP contribution in [0.3, 0.4) is 0 Å². The lowest BCUT2D eigenvalue weighted by Crippen LogP contribution is -2.23. The van der Waals surface area contributed by atoms with Crippen molar-refractivity contribution < 1.29 is 4.79 Å². The zero-order valence-electron chi connectivity index (χ0n) is 11.6. The standard InChI is InChI=1S/C16H13BrN4O/c17-14-11-21(13-6-2-1-3-7-13)20-15(14)16(22)19-10-12-5-4-8-18-9-12/h1-9,11H,10H2,(H,19,22). The number of aromatic nitrogens is 3. The third kappa shape index (κ3) is 3.23. The van der Waals surface area contributed by atoms with Gasteiger partial charge in [0.05, 0.1) is 10.2 Å². The Labute approximate surface area is 136 Å². The predicted molar refractivity (Wildman–Crippen MR) is 86.7 cm³/mol. The molecule has 5 nitrogen and oxygen atoms in total. The summed E-state index contributed by atoms with van der Waals surface area (Å²) in [5.74, 6) is -0.231. The summed E-state index contributed by atoms with van der Waals surface area (Å²) in [6.07, 6.45) is 5.19. The van der Waals surface area contributed by atoms with Crippen LogP contribution >= 0.6 is 15.9 Å². The van der Waals surface area contributed by atoms with Crippen molar-refractivity contribution in [2.75, 3.05) is 0 Å². The van der Waals surface area contributed by atoms with Crippen molar-refractivity contribution in [2.24, 2.45) is 0 Å². The molecule has 2 aromatic heterocycles. The van der Waals surface area contributed by atoms with Crippen molar-refractivity contribution in [3.05, 3.63) is 76.8 Å². The highest BCUT2D eigenvalue weighted by Gasteiger charge is 2.15. The maximum absolute atomic E-state index is 12.2. The van der Waals surface area contributed by atoms with Gasteiger partial charge in [0.25, 0.3) is 5.91 Å². The molecule has 0 spiro atoms. The number of carbonyl (C=O) groups excluding carboxylic acids is 1. The fourth-order valence-electron chi connectivity index (χ4n) is 1.99. The summed E-state index contributed by atoms with van der Waals surface area (Å²) in [6.45, 7) is 0.414. The minimum Gasteiger partial charge on any atom is -0.346 e. The second-order valence-corrected chi connectivity index (χ2v) is 5.50. The van der Waals surface area contributed by atoms with E-state index in [0.29, 0.717) is 16.7 Å². The number of carbonyl (C=O) groups is 1. The van der Waals surface area contributed by atoms with Crippen LogP contribution in [0.25, 0.3) is 5.69 Å². The van der Waals surface area contributed by atoms with E-state index >= 15 is 0 Å². The Morgan fingerprint density at radius 1 is 1.18 bits per heavy atom. The van der Waals surface area contributed by atoms with Crippen LogP contribution in [0.2, 0.25) is 0 Å². The van der Waals surface area contributed by atoms with Gasteiger partial charge in [-0.1, -0.05) is 24.3 Å². The van der Waals surface area contributed by atoms with Gasteiger partial charge >= 0.3 is 0 Å². The molecule has 0 atom stereocenters. The molecule has 1 N–H and O–H groups in total. The van der Waals surface area contributed by atoms with Gasteiger partial charge in [-0.3, -0.25) is 9.78 Å². The first-order chi connectivity index (χ1) is 10.7. The molecule has 0 bridgehead atoms.